The van der Waals surface area contributed by atoms with Gasteiger partial charge in [0.1, 0.15) is 55.9 Å². The van der Waals surface area contributed by atoms with Crippen molar-refractivity contribution in [3.63, 3.8) is 0 Å². The molecule has 14 heteroatoms. The SMILES string of the molecule is CC(COC(=O)C(C)(COC(=O)CCCc1ccc2ccc3cccc4ccc1c2c34)COC(=O)CCCc1ccc2ccc3cccc4ccc1c2c34)(COC(=O)C(C)(COC(=O)CCCc1ccc2ccc3cccc4ccc1c2c34)COC(=O)CCCc1ccc2ccc3cccc4ccc1c2c34)C(=O)O. The lowest BCUT2D eigenvalue weighted by molar-refractivity contribution is -0.179. The van der Waals surface area contributed by atoms with E-state index >= 15 is 0 Å². The highest BCUT2D eigenvalue weighted by molar-refractivity contribution is 6.27. The standard InChI is InChI=1S/C95H82O14/c1-93(90(100)101,52-108-91(102)94(2,54-104-78(96)24-8-12-58-28-32-70-40-36-62-16-4-20-66-44-48-74(58)86(70)82(62)66)55-105-79(97)25-9-13-59-29-33-71-41-37-63-17-5-21-67-45-49-75(59)87(71)83(63)67)53-109-92(103)95(3,56-106-80(98)26-10-14-60-30-34-72-42-38-64-18-6-22-68-46-50-76(60)88(72)84(64)68)57-107-81(99)27-11-15-61-31-35-73-43-39-65-19-7-23-69-47-51-77(61)89(73)85(65)69/h4-7,16-23,28-51H,8-15,24-27,52-57H2,1-3H3,(H,100,101). The maximum absolute atomic E-state index is 14.7. The van der Waals surface area contributed by atoms with Crippen LogP contribution < -0.4 is 0 Å². The van der Waals surface area contributed by atoms with Crippen molar-refractivity contribution in [1.29, 1.82) is 0 Å². The van der Waals surface area contributed by atoms with Gasteiger partial charge in [0.15, 0.2) is 0 Å². The molecule has 0 bridgehead atoms. The average Bonchev–Trinajstić information content (AvgIpc) is 0.759. The van der Waals surface area contributed by atoms with Crippen LogP contribution in [0.15, 0.2) is 218 Å². The minimum atomic E-state index is -2.11. The van der Waals surface area contributed by atoms with Crippen LogP contribution in [0.3, 0.4) is 0 Å². The molecule has 0 radical (unpaired) electrons. The van der Waals surface area contributed by atoms with Crippen molar-refractivity contribution in [2.24, 2.45) is 16.2 Å². The Morgan fingerprint density at radius 1 is 0.248 bits per heavy atom. The number of hydrogen-bond acceptors (Lipinski definition) is 13. The van der Waals surface area contributed by atoms with Crippen LogP contribution in [0.1, 0.15) is 94.4 Å². The molecule has 0 aliphatic rings. The predicted octanol–water partition coefficient (Wildman–Crippen LogP) is 20.0. The Labute approximate surface area is 629 Å². The summed E-state index contributed by atoms with van der Waals surface area (Å²) in [7, 11) is 0. The van der Waals surface area contributed by atoms with E-state index in [1.165, 1.54) is 42.3 Å². The number of esters is 6. The van der Waals surface area contributed by atoms with Gasteiger partial charge in [-0.05, 0) is 224 Å². The molecule has 109 heavy (non-hydrogen) atoms. The molecule has 1 N–H and O–H groups in total. The van der Waals surface area contributed by atoms with Gasteiger partial charge in [0.2, 0.25) is 0 Å². The summed E-state index contributed by atoms with van der Waals surface area (Å²) in [6.07, 6.45) is 3.84. The van der Waals surface area contributed by atoms with Crippen LogP contribution in [0.25, 0.3) is 129 Å². The van der Waals surface area contributed by atoms with E-state index in [-0.39, 0.29) is 25.7 Å². The van der Waals surface area contributed by atoms with E-state index in [9.17, 15) is 38.7 Å². The molecule has 0 aliphatic heterocycles. The van der Waals surface area contributed by atoms with Crippen LogP contribution in [-0.4, -0.2) is 86.5 Å². The second-order valence-electron chi connectivity index (χ2n) is 30.5. The summed E-state index contributed by atoms with van der Waals surface area (Å²) in [4.78, 5) is 97.8. The topological polar surface area (TPSA) is 195 Å². The van der Waals surface area contributed by atoms with Gasteiger partial charge < -0.3 is 33.5 Å². The summed E-state index contributed by atoms with van der Waals surface area (Å²) in [5, 5.41) is 38.3. The van der Waals surface area contributed by atoms with Gasteiger partial charge in [0.25, 0.3) is 0 Å². The summed E-state index contributed by atoms with van der Waals surface area (Å²) in [6.45, 7) is -0.0143. The van der Waals surface area contributed by atoms with Crippen molar-refractivity contribution in [3.05, 3.63) is 241 Å². The van der Waals surface area contributed by atoms with Crippen LogP contribution in [0.4, 0.5) is 0 Å². The van der Waals surface area contributed by atoms with E-state index in [0.717, 1.165) is 130 Å². The number of carboxylic acids is 1. The van der Waals surface area contributed by atoms with E-state index < -0.39 is 97.7 Å². The van der Waals surface area contributed by atoms with Crippen LogP contribution >= 0.6 is 0 Å². The highest BCUT2D eigenvalue weighted by Gasteiger charge is 2.45. The van der Waals surface area contributed by atoms with E-state index in [2.05, 4.69) is 194 Å². The number of aryl methyl sites for hydroxylation is 4. The molecule has 16 aromatic carbocycles. The Morgan fingerprint density at radius 2 is 0.440 bits per heavy atom. The monoisotopic (exact) mass is 1450 g/mol. The van der Waals surface area contributed by atoms with Crippen LogP contribution in [0.2, 0.25) is 0 Å². The maximum Gasteiger partial charge on any atom is 0.318 e. The number of carbonyl (C=O) groups excluding carboxylic acids is 6. The Hall–Kier alpha value is -12.0. The minimum absolute atomic E-state index is 0.0114. The first-order valence-electron chi connectivity index (χ1n) is 37.7. The van der Waals surface area contributed by atoms with Gasteiger partial charge in [-0.25, -0.2) is 0 Å². The van der Waals surface area contributed by atoms with Gasteiger partial charge in [0.05, 0.1) is 0 Å². The third kappa shape index (κ3) is 14.0. The fraction of sp³-hybridized carbons (Fsp3) is 0.253. The molecule has 0 aliphatic carbocycles. The molecule has 0 aromatic heterocycles. The van der Waals surface area contributed by atoms with Crippen molar-refractivity contribution in [2.45, 2.75) is 97.8 Å². The molecule has 0 spiro atoms. The summed E-state index contributed by atoms with van der Waals surface area (Å²) in [5.41, 5.74) is -1.54. The molecule has 0 fully saturated rings. The first-order valence-corrected chi connectivity index (χ1v) is 37.7. The van der Waals surface area contributed by atoms with Gasteiger partial charge in [-0.2, -0.15) is 0 Å². The second-order valence-corrected chi connectivity index (χ2v) is 30.5. The van der Waals surface area contributed by atoms with Crippen molar-refractivity contribution in [2.75, 3.05) is 39.6 Å². The summed E-state index contributed by atoms with van der Waals surface area (Å²) in [6, 6.07) is 75.6. The van der Waals surface area contributed by atoms with Crippen molar-refractivity contribution in [3.8, 4) is 0 Å². The summed E-state index contributed by atoms with van der Waals surface area (Å²) in [5.74, 6) is -6.05. The molecular formula is C95H82O14. The smallest absolute Gasteiger partial charge is 0.318 e. The molecule has 0 heterocycles. The van der Waals surface area contributed by atoms with E-state index in [1.54, 1.807) is 0 Å². The van der Waals surface area contributed by atoms with Crippen molar-refractivity contribution in [1.82, 2.24) is 0 Å². The molecule has 0 atom stereocenters. The van der Waals surface area contributed by atoms with E-state index in [1.807, 2.05) is 24.3 Å². The van der Waals surface area contributed by atoms with Crippen LogP contribution in [0.5, 0.6) is 0 Å². The Balaban J connectivity index is 0.585. The van der Waals surface area contributed by atoms with Gasteiger partial charge in [0, 0.05) is 25.7 Å². The maximum atomic E-state index is 14.7. The lowest BCUT2D eigenvalue weighted by Gasteiger charge is -2.31. The molecular weight excluding hydrogens is 1370 g/mol. The first-order chi connectivity index (χ1) is 52.9. The highest BCUT2D eigenvalue weighted by Crippen LogP contribution is 2.42. The second kappa shape index (κ2) is 29.6. The molecule has 0 saturated heterocycles. The third-order valence-corrected chi connectivity index (χ3v) is 22.5. The first kappa shape index (κ1) is 71.2. The fourth-order valence-electron chi connectivity index (χ4n) is 16.3. The zero-order valence-corrected chi connectivity index (χ0v) is 61.3. The molecule has 16 aromatic rings. The normalized spacial score (nSPS) is 12.4. The van der Waals surface area contributed by atoms with Gasteiger partial charge in [-0.1, -0.05) is 218 Å². The molecule has 0 amide bonds. The number of ether oxygens (including phenoxy) is 6. The largest absolute Gasteiger partial charge is 0.481 e. The van der Waals surface area contributed by atoms with Gasteiger partial charge >= 0.3 is 41.8 Å². The minimum Gasteiger partial charge on any atom is -0.481 e. The van der Waals surface area contributed by atoms with Crippen LogP contribution in [0, 0.1) is 16.2 Å². The van der Waals surface area contributed by atoms with Crippen LogP contribution in [-0.2, 0) is 87.7 Å². The molecule has 14 nitrogen and oxygen atoms in total. The average molecular weight is 1450 g/mol. The number of rotatable bonds is 31. The summed E-state index contributed by atoms with van der Waals surface area (Å²) < 4.78 is 35.1. The third-order valence-electron chi connectivity index (χ3n) is 22.5. The number of hydrogen-bond donors (Lipinski definition) is 1. The fourth-order valence-corrected chi connectivity index (χ4v) is 16.3. The molecule has 0 saturated carbocycles. The van der Waals surface area contributed by atoms with Crippen molar-refractivity contribution < 1.29 is 67.1 Å². The Bertz CT molecular complexity index is 5440. The van der Waals surface area contributed by atoms with E-state index in [4.69, 9.17) is 28.4 Å². The predicted molar refractivity (Wildman–Crippen MR) is 430 cm³/mol. The van der Waals surface area contributed by atoms with Gasteiger partial charge in [-0.15, -0.1) is 0 Å². The molecule has 546 valence electrons. The number of aliphatic carboxylic acids is 1. The Kier molecular flexibility index (Phi) is 19.4. The summed E-state index contributed by atoms with van der Waals surface area (Å²) >= 11 is 0. The number of benzene rings is 16. The zero-order chi connectivity index (χ0) is 75.1. The quantitative estimate of drug-likeness (QED) is 0.0245. The van der Waals surface area contributed by atoms with Crippen molar-refractivity contribution >= 4 is 171 Å². The molecule has 0 unspecified atom stereocenters. The van der Waals surface area contributed by atoms with Gasteiger partial charge in [-0.3, -0.25) is 33.6 Å². The van der Waals surface area contributed by atoms with E-state index in [0.29, 0.717) is 51.4 Å². The number of carboxylic acid groups (broad SMARTS) is 1. The molecule has 16 rings (SSSR count). The Morgan fingerprint density at radius 3 is 0.661 bits per heavy atom. The highest BCUT2D eigenvalue weighted by atomic mass is 16.6. The zero-order valence-electron chi connectivity index (χ0n) is 61.3. The number of carbonyl (C=O) groups is 7. The lowest BCUT2D eigenvalue weighted by atomic mass is 9.90. The lowest BCUT2D eigenvalue weighted by Crippen LogP contribution is -2.46.